The number of thioether (sulfide) groups is 1. The van der Waals surface area contributed by atoms with Crippen molar-refractivity contribution >= 4 is 17.0 Å². The molecule has 1 aliphatic heterocycles. The van der Waals surface area contributed by atoms with Gasteiger partial charge in [-0.2, -0.15) is 0 Å². The first-order valence-corrected chi connectivity index (χ1v) is 5.74. The number of hydrogen-bond acceptors (Lipinski definition) is 2. The maximum absolute atomic E-state index is 11.1. The van der Waals surface area contributed by atoms with Crippen LogP contribution in [-0.4, -0.2) is 16.5 Å². The third kappa shape index (κ3) is 1.60. The van der Waals surface area contributed by atoms with E-state index in [1.54, 1.807) is 0 Å². The highest BCUT2D eigenvalue weighted by Gasteiger charge is 2.37. The Morgan fingerprint density at radius 2 is 1.83 bits per heavy atom. The number of nitrogens with one attached hydrogen (secondary N) is 1. The molecular formula is C9H15NOS. The van der Waals surface area contributed by atoms with Gasteiger partial charge in [0.05, 0.1) is 5.54 Å². The summed E-state index contributed by atoms with van der Waals surface area (Å²) in [5.41, 5.74) is 0.193. The van der Waals surface area contributed by atoms with Crippen molar-refractivity contribution in [2.45, 2.75) is 44.1 Å². The zero-order chi connectivity index (χ0) is 8.44. The molecule has 1 heterocycles. The molecule has 1 aliphatic carbocycles. The molecule has 2 nitrogen and oxygen atoms in total. The van der Waals surface area contributed by atoms with Gasteiger partial charge in [-0.05, 0) is 12.8 Å². The van der Waals surface area contributed by atoms with Gasteiger partial charge >= 0.3 is 0 Å². The Kier molecular flexibility index (Phi) is 2.31. The molecule has 2 fully saturated rings. The average Bonchev–Trinajstić information content (AvgIpc) is 2.30. The lowest BCUT2D eigenvalue weighted by molar-refractivity contribution is 0.249. The Labute approximate surface area is 77.5 Å². The summed E-state index contributed by atoms with van der Waals surface area (Å²) in [6.07, 6.45) is 7.68. The highest BCUT2D eigenvalue weighted by atomic mass is 32.2. The molecule has 1 saturated heterocycles. The second-order valence-corrected chi connectivity index (χ2v) is 4.84. The molecule has 0 atom stereocenters. The molecule has 68 valence electrons. The van der Waals surface area contributed by atoms with Crippen LogP contribution in [-0.2, 0) is 0 Å². The summed E-state index contributed by atoms with van der Waals surface area (Å²) < 4.78 is 0. The van der Waals surface area contributed by atoms with Crippen LogP contribution in [0, 0.1) is 0 Å². The summed E-state index contributed by atoms with van der Waals surface area (Å²) >= 11 is 1.46. The van der Waals surface area contributed by atoms with E-state index in [0.717, 1.165) is 5.75 Å². The molecule has 12 heavy (non-hydrogen) atoms. The number of carbonyl (C=O) groups excluding carboxylic acids is 1. The van der Waals surface area contributed by atoms with E-state index in [0.29, 0.717) is 0 Å². The summed E-state index contributed by atoms with van der Waals surface area (Å²) in [5.74, 6) is 1.01. The van der Waals surface area contributed by atoms with Gasteiger partial charge in [-0.25, -0.2) is 0 Å². The first-order valence-electron chi connectivity index (χ1n) is 4.76. The Morgan fingerprint density at radius 1 is 1.17 bits per heavy atom. The van der Waals surface area contributed by atoms with Crippen LogP contribution in [0.2, 0.25) is 0 Å². The van der Waals surface area contributed by atoms with Crippen molar-refractivity contribution in [1.29, 1.82) is 0 Å². The van der Waals surface area contributed by atoms with E-state index in [9.17, 15) is 4.79 Å². The predicted octanol–water partition coefficient (Wildman–Crippen LogP) is 2.54. The minimum atomic E-state index is 0.192. The second kappa shape index (κ2) is 3.29. The van der Waals surface area contributed by atoms with E-state index < -0.39 is 0 Å². The van der Waals surface area contributed by atoms with Gasteiger partial charge in [0.15, 0.2) is 0 Å². The number of carbonyl (C=O) groups is 1. The van der Waals surface area contributed by atoms with Gasteiger partial charge in [0.2, 0.25) is 0 Å². The highest BCUT2D eigenvalue weighted by Crippen LogP contribution is 2.34. The SMILES string of the molecule is O=C1NC2(CCCCCC2)CS1. The van der Waals surface area contributed by atoms with Crippen LogP contribution in [0.4, 0.5) is 4.79 Å². The molecule has 1 amide bonds. The zero-order valence-corrected chi connectivity index (χ0v) is 8.08. The minimum Gasteiger partial charge on any atom is -0.341 e. The van der Waals surface area contributed by atoms with Crippen LogP contribution in [0.15, 0.2) is 0 Å². The molecule has 0 aromatic rings. The highest BCUT2D eigenvalue weighted by molar-refractivity contribution is 8.14. The molecule has 1 N–H and O–H groups in total. The lowest BCUT2D eigenvalue weighted by Gasteiger charge is -2.26. The molecule has 0 unspecified atom stereocenters. The fourth-order valence-corrected chi connectivity index (χ4v) is 3.22. The van der Waals surface area contributed by atoms with Crippen molar-refractivity contribution in [2.75, 3.05) is 5.75 Å². The minimum absolute atomic E-state index is 0.192. The summed E-state index contributed by atoms with van der Waals surface area (Å²) in [6, 6.07) is 0. The van der Waals surface area contributed by atoms with Gasteiger partial charge in [0.25, 0.3) is 5.24 Å². The molecule has 2 aliphatic rings. The third-order valence-electron chi connectivity index (χ3n) is 2.91. The van der Waals surface area contributed by atoms with Crippen LogP contribution in [0.1, 0.15) is 38.5 Å². The van der Waals surface area contributed by atoms with Crippen molar-refractivity contribution in [1.82, 2.24) is 5.32 Å². The van der Waals surface area contributed by atoms with Crippen molar-refractivity contribution in [2.24, 2.45) is 0 Å². The van der Waals surface area contributed by atoms with E-state index in [1.165, 1.54) is 50.3 Å². The largest absolute Gasteiger partial charge is 0.341 e. The molecule has 0 aromatic heterocycles. The van der Waals surface area contributed by atoms with Crippen molar-refractivity contribution < 1.29 is 4.79 Å². The van der Waals surface area contributed by atoms with Crippen LogP contribution < -0.4 is 5.32 Å². The second-order valence-electron chi connectivity index (χ2n) is 3.90. The molecular weight excluding hydrogens is 170 g/mol. The van der Waals surface area contributed by atoms with Crippen molar-refractivity contribution in [3.05, 3.63) is 0 Å². The van der Waals surface area contributed by atoms with Crippen molar-refractivity contribution in [3.63, 3.8) is 0 Å². The normalized spacial score (nSPS) is 28.5. The van der Waals surface area contributed by atoms with Gasteiger partial charge in [0, 0.05) is 5.75 Å². The van der Waals surface area contributed by atoms with E-state index in [-0.39, 0.29) is 10.8 Å². The topological polar surface area (TPSA) is 29.1 Å². The molecule has 1 spiro atoms. The smallest absolute Gasteiger partial charge is 0.279 e. The maximum Gasteiger partial charge on any atom is 0.279 e. The van der Waals surface area contributed by atoms with E-state index in [1.807, 2.05) is 0 Å². The number of amides is 1. The quantitative estimate of drug-likeness (QED) is 0.628. The third-order valence-corrected chi connectivity index (χ3v) is 3.97. The first kappa shape index (κ1) is 8.42. The Morgan fingerprint density at radius 3 is 2.33 bits per heavy atom. The average molecular weight is 185 g/mol. The first-order chi connectivity index (χ1) is 5.81. The van der Waals surface area contributed by atoms with Gasteiger partial charge in [0.1, 0.15) is 0 Å². The summed E-state index contributed by atoms with van der Waals surface area (Å²) in [7, 11) is 0. The Hall–Kier alpha value is -0.180. The van der Waals surface area contributed by atoms with Crippen LogP contribution >= 0.6 is 11.8 Å². The zero-order valence-electron chi connectivity index (χ0n) is 7.27. The number of hydrogen-bond donors (Lipinski definition) is 1. The Balaban J connectivity index is 2.03. The summed E-state index contributed by atoms with van der Waals surface area (Å²) in [6.45, 7) is 0. The molecule has 1 saturated carbocycles. The molecule has 0 radical (unpaired) electrons. The van der Waals surface area contributed by atoms with Gasteiger partial charge < -0.3 is 5.32 Å². The van der Waals surface area contributed by atoms with Crippen LogP contribution in [0.3, 0.4) is 0 Å². The predicted molar refractivity (Wildman–Crippen MR) is 51.4 cm³/mol. The van der Waals surface area contributed by atoms with E-state index in [4.69, 9.17) is 0 Å². The standard InChI is InChI=1S/C9H15NOS/c11-8-10-9(7-12-8)5-3-1-2-4-6-9/h1-7H2,(H,10,11). The molecule has 2 rings (SSSR count). The lowest BCUT2D eigenvalue weighted by atomic mass is 9.93. The summed E-state index contributed by atoms with van der Waals surface area (Å²) in [4.78, 5) is 11.1. The molecule has 3 heteroatoms. The van der Waals surface area contributed by atoms with Gasteiger partial charge in [-0.15, -0.1) is 0 Å². The van der Waals surface area contributed by atoms with Crippen molar-refractivity contribution in [3.8, 4) is 0 Å². The fourth-order valence-electron chi connectivity index (χ4n) is 2.17. The molecule has 0 bridgehead atoms. The lowest BCUT2D eigenvalue weighted by Crippen LogP contribution is -2.42. The molecule has 0 aromatic carbocycles. The van der Waals surface area contributed by atoms with E-state index in [2.05, 4.69) is 5.32 Å². The van der Waals surface area contributed by atoms with E-state index >= 15 is 0 Å². The van der Waals surface area contributed by atoms with Crippen LogP contribution in [0.5, 0.6) is 0 Å². The maximum atomic E-state index is 11.1. The number of rotatable bonds is 0. The monoisotopic (exact) mass is 185 g/mol. The Bertz CT molecular complexity index is 185. The van der Waals surface area contributed by atoms with Crippen LogP contribution in [0.25, 0.3) is 0 Å². The summed E-state index contributed by atoms with van der Waals surface area (Å²) in [5, 5.41) is 3.32. The van der Waals surface area contributed by atoms with Gasteiger partial charge in [-0.1, -0.05) is 37.4 Å². The van der Waals surface area contributed by atoms with Gasteiger partial charge in [-0.3, -0.25) is 4.79 Å². The fraction of sp³-hybridized carbons (Fsp3) is 0.889.